The van der Waals surface area contributed by atoms with Gasteiger partial charge in [0, 0.05) is 0 Å². The maximum Gasteiger partial charge on any atom is 0.159 e. The van der Waals surface area contributed by atoms with Gasteiger partial charge in [-0.2, -0.15) is 0 Å². The molecule has 0 bridgehead atoms. The highest BCUT2D eigenvalue weighted by Crippen LogP contribution is 2.15. The normalized spacial score (nSPS) is 10.5. The number of hydrogen-bond donors (Lipinski definition) is 2. The van der Waals surface area contributed by atoms with E-state index in [2.05, 4.69) is 4.84 Å². The molecule has 0 aliphatic carbocycles. The van der Waals surface area contributed by atoms with Crippen LogP contribution in [0.1, 0.15) is 11.1 Å². The molecule has 13 heavy (non-hydrogen) atoms. The summed E-state index contributed by atoms with van der Waals surface area (Å²) in [5.41, 5.74) is 0.605. The Morgan fingerprint density at radius 1 is 1.23 bits per heavy atom. The minimum Gasteiger partial charge on any atom is -0.392 e. The molecule has 0 saturated heterocycles. The second-order valence-corrected chi connectivity index (χ2v) is 2.50. The molecule has 72 valence electrons. The lowest BCUT2D eigenvalue weighted by molar-refractivity contribution is 0.122. The number of hydrogen-bond acceptors (Lipinski definition) is 3. The first-order valence-electron chi connectivity index (χ1n) is 3.58. The number of aliphatic hydroxyl groups excluding tert-OH is 1. The lowest BCUT2D eigenvalue weighted by Gasteiger charge is -2.06. The van der Waals surface area contributed by atoms with Gasteiger partial charge < -0.3 is 5.11 Å². The number of halogens is 2. The molecule has 0 fully saturated rings. The molecule has 0 unspecified atom stereocenters. The van der Waals surface area contributed by atoms with Gasteiger partial charge in [0.25, 0.3) is 0 Å². The van der Waals surface area contributed by atoms with Crippen LogP contribution >= 0.6 is 0 Å². The van der Waals surface area contributed by atoms with Gasteiger partial charge >= 0.3 is 0 Å². The van der Waals surface area contributed by atoms with Crippen LogP contribution in [-0.4, -0.2) is 5.11 Å². The smallest absolute Gasteiger partial charge is 0.159 e. The Kier molecular flexibility index (Phi) is 3.30. The number of rotatable bonds is 3. The molecule has 1 aromatic carbocycles. The molecule has 1 aromatic rings. The van der Waals surface area contributed by atoms with E-state index in [1.54, 1.807) is 0 Å². The summed E-state index contributed by atoms with van der Waals surface area (Å²) in [7, 11) is 0. The molecule has 3 nitrogen and oxygen atoms in total. The van der Waals surface area contributed by atoms with Gasteiger partial charge in [-0.1, -0.05) is 0 Å². The van der Waals surface area contributed by atoms with Gasteiger partial charge in [-0.25, -0.2) is 14.7 Å². The van der Waals surface area contributed by atoms with Gasteiger partial charge in [0.1, 0.15) is 0 Å². The van der Waals surface area contributed by atoms with Crippen molar-refractivity contribution >= 4 is 0 Å². The Bertz CT molecular complexity index is 304. The fourth-order valence-corrected chi connectivity index (χ4v) is 1.00. The van der Waals surface area contributed by atoms with Crippen LogP contribution < -0.4 is 5.90 Å². The summed E-state index contributed by atoms with van der Waals surface area (Å²) in [5, 5.41) is 8.77. The largest absolute Gasteiger partial charge is 0.392 e. The number of aliphatic hydroxyl groups is 1. The first kappa shape index (κ1) is 10.0. The standard InChI is InChI=1S/C8H9F2NO2/c9-7-1-5(3-12)6(4-13-11)2-8(7)10/h1-2,12H,3-4,11H2. The van der Waals surface area contributed by atoms with Crippen molar-refractivity contribution in [1.29, 1.82) is 0 Å². The second-order valence-electron chi connectivity index (χ2n) is 2.50. The molecular weight excluding hydrogens is 180 g/mol. The molecule has 0 radical (unpaired) electrons. The molecular formula is C8H9F2NO2. The van der Waals surface area contributed by atoms with E-state index in [0.29, 0.717) is 5.56 Å². The molecule has 0 saturated carbocycles. The van der Waals surface area contributed by atoms with E-state index in [9.17, 15) is 8.78 Å². The first-order chi connectivity index (χ1) is 6.19. The third-order valence-corrected chi connectivity index (χ3v) is 1.65. The van der Waals surface area contributed by atoms with Gasteiger partial charge in [0.2, 0.25) is 0 Å². The van der Waals surface area contributed by atoms with Crippen molar-refractivity contribution in [3.05, 3.63) is 34.9 Å². The molecule has 0 aliphatic rings. The highest BCUT2D eigenvalue weighted by atomic mass is 19.2. The van der Waals surface area contributed by atoms with Gasteiger partial charge in [-0.3, -0.25) is 4.84 Å². The fourth-order valence-electron chi connectivity index (χ4n) is 1.00. The summed E-state index contributed by atoms with van der Waals surface area (Å²) in [6, 6.07) is 1.87. The molecule has 0 heterocycles. The van der Waals surface area contributed by atoms with Crippen LogP contribution in [0.15, 0.2) is 12.1 Å². The highest BCUT2D eigenvalue weighted by molar-refractivity contribution is 5.27. The van der Waals surface area contributed by atoms with Crippen LogP contribution in [0.4, 0.5) is 8.78 Å². The van der Waals surface area contributed by atoms with Gasteiger partial charge in [-0.05, 0) is 23.3 Å². The zero-order valence-electron chi connectivity index (χ0n) is 6.76. The van der Waals surface area contributed by atoms with Gasteiger partial charge in [0.15, 0.2) is 11.6 Å². The first-order valence-corrected chi connectivity index (χ1v) is 3.58. The molecule has 0 aromatic heterocycles. The lowest BCUT2D eigenvalue weighted by atomic mass is 10.1. The number of benzene rings is 1. The van der Waals surface area contributed by atoms with Crippen LogP contribution in [0.5, 0.6) is 0 Å². The predicted molar refractivity (Wildman–Crippen MR) is 41.3 cm³/mol. The average Bonchev–Trinajstić information content (AvgIpc) is 2.11. The minimum absolute atomic E-state index is 0.0624. The Morgan fingerprint density at radius 2 is 1.77 bits per heavy atom. The summed E-state index contributed by atoms with van der Waals surface area (Å²) in [6.07, 6.45) is 0. The zero-order chi connectivity index (χ0) is 9.84. The van der Waals surface area contributed by atoms with Crippen LogP contribution in [0, 0.1) is 11.6 Å². The van der Waals surface area contributed by atoms with Crippen molar-refractivity contribution in [1.82, 2.24) is 0 Å². The quantitative estimate of drug-likeness (QED) is 0.693. The summed E-state index contributed by atoms with van der Waals surface area (Å²) in [4.78, 5) is 4.27. The predicted octanol–water partition coefficient (Wildman–Crippen LogP) is 0.847. The maximum atomic E-state index is 12.7. The van der Waals surface area contributed by atoms with Crippen molar-refractivity contribution in [2.75, 3.05) is 0 Å². The Balaban J connectivity index is 3.09. The fraction of sp³-hybridized carbons (Fsp3) is 0.250. The molecule has 0 atom stereocenters. The van der Waals surface area contributed by atoms with E-state index in [4.69, 9.17) is 11.0 Å². The SMILES string of the molecule is NOCc1cc(F)c(F)cc1CO. The Hall–Kier alpha value is -1.04. The van der Waals surface area contributed by atoms with Crippen molar-refractivity contribution in [2.45, 2.75) is 13.2 Å². The molecule has 0 amide bonds. The molecule has 5 heteroatoms. The van der Waals surface area contributed by atoms with E-state index < -0.39 is 11.6 Å². The van der Waals surface area contributed by atoms with Crippen molar-refractivity contribution in [3.8, 4) is 0 Å². The summed E-state index contributed by atoms with van der Waals surface area (Å²) in [6.45, 7) is -0.441. The van der Waals surface area contributed by atoms with E-state index in [1.165, 1.54) is 0 Å². The third-order valence-electron chi connectivity index (χ3n) is 1.65. The maximum absolute atomic E-state index is 12.7. The summed E-state index contributed by atoms with van der Waals surface area (Å²) in [5.74, 6) is 2.80. The second kappa shape index (κ2) is 4.27. The van der Waals surface area contributed by atoms with E-state index >= 15 is 0 Å². The van der Waals surface area contributed by atoms with Crippen molar-refractivity contribution < 1.29 is 18.7 Å². The van der Waals surface area contributed by atoms with Crippen LogP contribution in [-0.2, 0) is 18.1 Å². The average molecular weight is 189 g/mol. The van der Waals surface area contributed by atoms with E-state index in [-0.39, 0.29) is 18.8 Å². The third kappa shape index (κ3) is 2.21. The van der Waals surface area contributed by atoms with E-state index in [1.807, 2.05) is 0 Å². The molecule has 0 spiro atoms. The zero-order valence-corrected chi connectivity index (χ0v) is 6.76. The van der Waals surface area contributed by atoms with Crippen LogP contribution in [0.3, 0.4) is 0 Å². The van der Waals surface area contributed by atoms with E-state index in [0.717, 1.165) is 12.1 Å². The van der Waals surface area contributed by atoms with Crippen LogP contribution in [0.25, 0.3) is 0 Å². The Labute approximate surface area is 73.7 Å². The lowest BCUT2D eigenvalue weighted by Crippen LogP contribution is -2.04. The topological polar surface area (TPSA) is 55.5 Å². The summed E-state index contributed by atoms with van der Waals surface area (Å²) < 4.78 is 25.3. The molecule has 0 aliphatic heterocycles. The monoisotopic (exact) mass is 189 g/mol. The van der Waals surface area contributed by atoms with Crippen LogP contribution in [0.2, 0.25) is 0 Å². The van der Waals surface area contributed by atoms with Gasteiger partial charge in [-0.15, -0.1) is 0 Å². The van der Waals surface area contributed by atoms with Gasteiger partial charge in [0.05, 0.1) is 13.2 Å². The Morgan fingerprint density at radius 3 is 2.23 bits per heavy atom. The minimum atomic E-state index is -0.996. The summed E-state index contributed by atoms with van der Waals surface area (Å²) >= 11 is 0. The molecule has 1 rings (SSSR count). The van der Waals surface area contributed by atoms with Crippen molar-refractivity contribution in [2.24, 2.45) is 5.90 Å². The molecule has 3 N–H and O–H groups in total. The number of nitrogens with two attached hydrogens (primary N) is 1. The van der Waals surface area contributed by atoms with Crippen molar-refractivity contribution in [3.63, 3.8) is 0 Å². The highest BCUT2D eigenvalue weighted by Gasteiger charge is 2.08.